The number of hydrogen-bond acceptors (Lipinski definition) is 6. The van der Waals surface area contributed by atoms with E-state index in [2.05, 4.69) is 14.9 Å². The van der Waals surface area contributed by atoms with E-state index in [9.17, 15) is 8.78 Å². The predicted molar refractivity (Wildman–Crippen MR) is 111 cm³/mol. The Morgan fingerprint density at radius 1 is 1.20 bits per heavy atom. The van der Waals surface area contributed by atoms with E-state index in [1.807, 2.05) is 13.1 Å². The van der Waals surface area contributed by atoms with Crippen LogP contribution < -0.4 is 14.5 Å². The number of pyridine rings is 1. The molecule has 6 nitrogen and oxygen atoms in total. The fourth-order valence-corrected chi connectivity index (χ4v) is 5.26. The first kappa shape index (κ1) is 19.7. The predicted octanol–water partition coefficient (Wildman–Crippen LogP) is 4.73. The maximum atomic E-state index is 14.4. The molecule has 2 aliphatic heterocycles. The minimum absolute atomic E-state index is 0.0961. The molecule has 5 rings (SSSR count). The van der Waals surface area contributed by atoms with Crippen LogP contribution in [-0.2, 0) is 5.75 Å². The first-order chi connectivity index (χ1) is 14.5. The van der Waals surface area contributed by atoms with Crippen LogP contribution in [-0.4, -0.2) is 34.6 Å². The molecule has 0 spiro atoms. The second-order valence-corrected chi connectivity index (χ2v) is 8.66. The molecule has 1 saturated heterocycles. The van der Waals surface area contributed by atoms with Gasteiger partial charge in [-0.25, -0.2) is 9.37 Å². The van der Waals surface area contributed by atoms with Crippen LogP contribution in [0.3, 0.4) is 0 Å². The number of nitrogens with zero attached hydrogens (tertiary/aromatic N) is 4. The molecular weight excluding hydrogens is 434 g/mol. The summed E-state index contributed by atoms with van der Waals surface area (Å²) in [4.78, 5) is 16.6. The van der Waals surface area contributed by atoms with Crippen molar-refractivity contribution < 1.29 is 18.4 Å². The van der Waals surface area contributed by atoms with Gasteiger partial charge >= 0.3 is 0 Å². The molecule has 0 amide bonds. The minimum Gasteiger partial charge on any atom is -0.452 e. The lowest BCUT2D eigenvalue weighted by atomic mass is 10.1. The molecule has 0 unspecified atom stereocenters. The highest BCUT2D eigenvalue weighted by Gasteiger charge is 2.26. The van der Waals surface area contributed by atoms with Gasteiger partial charge in [0.1, 0.15) is 11.0 Å². The third kappa shape index (κ3) is 3.24. The summed E-state index contributed by atoms with van der Waals surface area (Å²) in [5, 5.41) is 1.00. The minimum atomic E-state index is -1.07. The van der Waals surface area contributed by atoms with Crippen molar-refractivity contribution in [2.45, 2.75) is 37.1 Å². The number of ether oxygens (including phenoxy) is 1. The molecule has 10 heteroatoms. The van der Waals surface area contributed by atoms with E-state index in [0.717, 1.165) is 37.2 Å². The van der Waals surface area contributed by atoms with Crippen molar-refractivity contribution >= 4 is 40.1 Å². The summed E-state index contributed by atoms with van der Waals surface area (Å²) < 4.78 is 34.9. The number of piperidine rings is 1. The summed E-state index contributed by atoms with van der Waals surface area (Å²) in [5.41, 5.74) is 3.00. The van der Waals surface area contributed by atoms with Crippen LogP contribution in [0.4, 0.5) is 14.5 Å². The second-order valence-electron chi connectivity index (χ2n) is 7.34. The molecule has 0 radical (unpaired) electrons. The Balaban J connectivity index is 1.46. The Bertz CT molecular complexity index is 1130. The highest BCUT2D eigenvalue weighted by atomic mass is 35.5. The molecule has 0 saturated carbocycles. The van der Waals surface area contributed by atoms with Gasteiger partial charge in [0.2, 0.25) is 11.0 Å². The van der Waals surface area contributed by atoms with Crippen molar-refractivity contribution in [2.24, 2.45) is 0 Å². The van der Waals surface area contributed by atoms with Crippen molar-refractivity contribution in [2.75, 3.05) is 24.8 Å². The summed E-state index contributed by atoms with van der Waals surface area (Å²) in [5.74, 6) is -1.90. The van der Waals surface area contributed by atoms with E-state index in [0.29, 0.717) is 27.1 Å². The van der Waals surface area contributed by atoms with Gasteiger partial charge in [0, 0.05) is 31.1 Å². The second kappa shape index (κ2) is 7.77. The topological polar surface area (TPSA) is 52.4 Å². The van der Waals surface area contributed by atoms with E-state index in [1.54, 1.807) is 0 Å². The Morgan fingerprint density at radius 3 is 2.80 bits per heavy atom. The molecule has 3 aromatic rings. The average Bonchev–Trinajstić information content (AvgIpc) is 2.97. The van der Waals surface area contributed by atoms with Gasteiger partial charge in [-0.1, -0.05) is 23.4 Å². The van der Waals surface area contributed by atoms with Crippen LogP contribution >= 0.6 is 23.4 Å². The average molecular weight is 453 g/mol. The largest absolute Gasteiger partial charge is 0.452 e. The fraction of sp³-hybridized carbons (Fsp3) is 0.400. The van der Waals surface area contributed by atoms with Crippen molar-refractivity contribution in [3.8, 4) is 5.75 Å². The Morgan fingerprint density at radius 2 is 2.00 bits per heavy atom. The molecule has 2 aromatic heterocycles. The number of rotatable bonds is 4. The number of aryl methyl sites for hydroxylation is 1. The molecule has 0 aliphatic carbocycles. The van der Waals surface area contributed by atoms with Crippen LogP contribution in [0, 0.1) is 18.6 Å². The lowest BCUT2D eigenvalue weighted by Crippen LogP contribution is -2.30. The summed E-state index contributed by atoms with van der Waals surface area (Å²) in [6.07, 6.45) is 5.36. The number of fused-ring (bicyclic) bond motifs is 1. The van der Waals surface area contributed by atoms with Gasteiger partial charge in [0.25, 0.3) is 6.79 Å². The summed E-state index contributed by atoms with van der Waals surface area (Å²) in [6, 6.07) is 1.39. The van der Waals surface area contributed by atoms with Crippen LogP contribution in [0.25, 0.3) is 11.0 Å². The molecule has 4 heterocycles. The molecule has 30 heavy (non-hydrogen) atoms. The monoisotopic (exact) mass is 452 g/mol. The van der Waals surface area contributed by atoms with E-state index in [1.165, 1.54) is 29.0 Å². The molecule has 0 atom stereocenters. The summed E-state index contributed by atoms with van der Waals surface area (Å²) >= 11 is 8.04. The molecule has 0 N–H and O–H groups in total. The van der Waals surface area contributed by atoms with Crippen molar-refractivity contribution in [3.05, 3.63) is 40.2 Å². The molecule has 2 aliphatic rings. The number of thioether (sulfide) groups is 1. The van der Waals surface area contributed by atoms with Crippen LogP contribution in [0.5, 0.6) is 5.75 Å². The number of benzene rings is 1. The lowest BCUT2D eigenvalue weighted by molar-refractivity contribution is 0.000501. The first-order valence-corrected chi connectivity index (χ1v) is 11.1. The first-order valence-electron chi connectivity index (χ1n) is 9.73. The van der Waals surface area contributed by atoms with Gasteiger partial charge in [-0.2, -0.15) is 9.12 Å². The van der Waals surface area contributed by atoms with E-state index in [4.69, 9.17) is 21.2 Å². The zero-order valence-corrected chi connectivity index (χ0v) is 17.8. The van der Waals surface area contributed by atoms with Crippen LogP contribution in [0.1, 0.15) is 30.5 Å². The number of aromatic nitrogens is 3. The van der Waals surface area contributed by atoms with Gasteiger partial charge in [0.05, 0.1) is 16.4 Å². The highest BCUT2D eigenvalue weighted by Crippen LogP contribution is 2.37. The van der Waals surface area contributed by atoms with Gasteiger partial charge in [-0.05, 0) is 31.7 Å². The third-order valence-electron chi connectivity index (χ3n) is 5.38. The maximum absolute atomic E-state index is 14.4. The van der Waals surface area contributed by atoms with Gasteiger partial charge in [-0.3, -0.25) is 4.98 Å². The highest BCUT2D eigenvalue weighted by molar-refractivity contribution is 7.98. The smallest absolute Gasteiger partial charge is 0.253 e. The van der Waals surface area contributed by atoms with E-state index < -0.39 is 11.6 Å². The standard InChI is InChI=1S/C20H19ClF2N4O2S/c1-11-8-24-12(15(21)19(11)26-5-3-2-4-6-26)9-30-20-25-18-13-7-14(16(22)17(18)23)28-10-29-27(13)20/h7-8H,2-6,9-10H2,1H3. The van der Waals surface area contributed by atoms with Crippen LogP contribution in [0.15, 0.2) is 17.4 Å². The Kier molecular flexibility index (Phi) is 5.10. The summed E-state index contributed by atoms with van der Waals surface area (Å²) in [6.45, 7) is 3.73. The number of halogens is 3. The van der Waals surface area contributed by atoms with Gasteiger partial charge in [0.15, 0.2) is 11.6 Å². The molecule has 2 bridgehead atoms. The molecule has 158 valence electrons. The Labute approximate surface area is 181 Å². The van der Waals surface area contributed by atoms with E-state index >= 15 is 0 Å². The SMILES string of the molecule is Cc1cnc(CSc2nc3c(F)c(F)c4cc3n2OCO4)c(Cl)c1N1CCCCC1. The van der Waals surface area contributed by atoms with Crippen molar-refractivity contribution in [3.63, 3.8) is 0 Å². The summed E-state index contributed by atoms with van der Waals surface area (Å²) in [7, 11) is 0. The van der Waals surface area contributed by atoms with E-state index in [-0.39, 0.29) is 18.1 Å². The van der Waals surface area contributed by atoms with Crippen LogP contribution in [0.2, 0.25) is 5.02 Å². The van der Waals surface area contributed by atoms with Crippen molar-refractivity contribution in [1.29, 1.82) is 0 Å². The number of hydrogen-bond donors (Lipinski definition) is 0. The zero-order valence-electron chi connectivity index (χ0n) is 16.3. The molecule has 1 fully saturated rings. The molecule has 1 aromatic carbocycles. The lowest BCUT2D eigenvalue weighted by Gasteiger charge is -2.31. The maximum Gasteiger partial charge on any atom is 0.253 e. The normalized spacial score (nSPS) is 15.9. The quantitative estimate of drug-likeness (QED) is 0.533. The number of imidazole rings is 1. The zero-order chi connectivity index (χ0) is 20.8. The van der Waals surface area contributed by atoms with Gasteiger partial charge in [-0.15, -0.1) is 0 Å². The third-order valence-corrected chi connectivity index (χ3v) is 6.71. The fourth-order valence-electron chi connectivity index (χ4n) is 3.89. The van der Waals surface area contributed by atoms with Gasteiger partial charge < -0.3 is 14.5 Å². The van der Waals surface area contributed by atoms with Crippen molar-refractivity contribution in [1.82, 2.24) is 14.7 Å². The number of anilines is 1. The molecular formula is C20H19ClF2N4O2S. The Hall–Kier alpha value is -2.26.